The number of carbonyl (C=O) groups is 4. The summed E-state index contributed by atoms with van der Waals surface area (Å²) in [5.74, 6) is 2.39. The number of ether oxygens (including phenoxy) is 1. The molecule has 9 rings (SSSR count). The molecule has 0 aromatic carbocycles. The van der Waals surface area contributed by atoms with Gasteiger partial charge in [0.1, 0.15) is 32.2 Å². The lowest BCUT2D eigenvalue weighted by molar-refractivity contribution is -0.129. The van der Waals surface area contributed by atoms with Gasteiger partial charge < -0.3 is 67.6 Å². The normalized spacial score (nSPS) is 19.6. The van der Waals surface area contributed by atoms with Crippen LogP contribution in [0.4, 0.5) is 60.5 Å². The number of carbonyl (C=O) groups excluding carboxylic acids is 4. The van der Waals surface area contributed by atoms with E-state index in [-0.39, 0.29) is 53.2 Å². The Morgan fingerprint density at radius 1 is 0.663 bits per heavy atom. The van der Waals surface area contributed by atoms with E-state index >= 15 is 0 Å². The smallest absolute Gasteiger partial charge is 0.407 e. The van der Waals surface area contributed by atoms with Crippen molar-refractivity contribution in [1.82, 2.24) is 53.2 Å². The summed E-state index contributed by atoms with van der Waals surface area (Å²) in [6, 6.07) is 6.51. The van der Waals surface area contributed by atoms with Gasteiger partial charge in [-0.25, -0.2) is 29.7 Å². The molecule has 6 atom stereocenters. The molecule has 3 aliphatic rings. The van der Waals surface area contributed by atoms with E-state index < -0.39 is 23.5 Å². The third-order valence-electron chi connectivity index (χ3n) is 13.8. The van der Waals surface area contributed by atoms with Crippen LogP contribution in [0.15, 0.2) is 36.8 Å². The zero-order valence-corrected chi connectivity index (χ0v) is 51.2. The van der Waals surface area contributed by atoms with Gasteiger partial charge in [0.15, 0.2) is 40.9 Å². The SMILES string of the molecule is Cc1cc(Nc2nc(N3CC(CC(=O)N(C)C)CCC3C)cnc2C(N)=O)sn1.Cc1cc(Nc2nc(N3CC(N)CCC3C)cnc2C(N)=O)sn1.[C-]#[N+]c1ncc(N2CC(NC(=O)OC(C)(C)C)CCC2C)nc1Nc1cc(C)ns1. The lowest BCUT2D eigenvalue weighted by Gasteiger charge is -2.39. The molecule has 444 valence electrons. The molecule has 6 unspecified atom stereocenters. The van der Waals surface area contributed by atoms with Crippen LogP contribution in [0.2, 0.25) is 0 Å². The second kappa shape index (κ2) is 27.9. The van der Waals surface area contributed by atoms with Crippen LogP contribution in [0.3, 0.4) is 0 Å². The summed E-state index contributed by atoms with van der Waals surface area (Å²) in [5, 5.41) is 14.7. The van der Waals surface area contributed by atoms with E-state index in [0.29, 0.717) is 67.0 Å². The highest BCUT2D eigenvalue weighted by Crippen LogP contribution is 2.34. The third kappa shape index (κ3) is 17.5. The number of nitrogens with zero attached hydrogens (tertiary/aromatic N) is 14. The van der Waals surface area contributed by atoms with Gasteiger partial charge in [-0.3, -0.25) is 14.4 Å². The number of nitrogens with two attached hydrogens (primary N) is 3. The fourth-order valence-corrected chi connectivity index (χ4v) is 11.4. The van der Waals surface area contributed by atoms with Crippen LogP contribution in [0.1, 0.15) is 125 Å². The summed E-state index contributed by atoms with van der Waals surface area (Å²) in [6.45, 7) is 27.0. The number of piperidine rings is 3. The van der Waals surface area contributed by atoms with E-state index in [2.05, 4.69) is 105 Å². The lowest BCUT2D eigenvalue weighted by atomic mass is 9.90. The first-order valence-electron chi connectivity index (χ1n) is 27.3. The number of rotatable bonds is 14. The first-order chi connectivity index (χ1) is 39.3. The number of anilines is 9. The summed E-state index contributed by atoms with van der Waals surface area (Å²) in [7, 11) is 3.55. The Bertz CT molecular complexity index is 3270. The number of alkyl carbamates (subject to hydrolysis) is 1. The van der Waals surface area contributed by atoms with Crippen LogP contribution in [-0.2, 0) is 9.53 Å². The van der Waals surface area contributed by atoms with Gasteiger partial charge in [-0.05, 0) is 160 Å². The number of aryl methyl sites for hydroxylation is 3. The van der Waals surface area contributed by atoms with Crippen LogP contribution in [-0.4, -0.2) is 141 Å². The van der Waals surface area contributed by atoms with Crippen LogP contribution in [0, 0.1) is 33.3 Å². The molecule has 9 heterocycles. The molecule has 3 aliphatic heterocycles. The fourth-order valence-electron chi connectivity index (χ4n) is 9.44. The summed E-state index contributed by atoms with van der Waals surface area (Å²) in [6.07, 6.45) is 10.6. The zero-order valence-electron chi connectivity index (χ0n) is 48.8. The van der Waals surface area contributed by atoms with Crippen molar-refractivity contribution in [2.24, 2.45) is 23.1 Å². The first kappa shape index (κ1) is 62.7. The van der Waals surface area contributed by atoms with E-state index in [1.54, 1.807) is 37.6 Å². The van der Waals surface area contributed by atoms with Gasteiger partial charge in [-0.15, -0.1) is 4.98 Å². The average Bonchev–Trinajstić information content (AvgIpc) is 4.33. The van der Waals surface area contributed by atoms with E-state index in [0.717, 1.165) is 70.6 Å². The zero-order chi connectivity index (χ0) is 60.3. The van der Waals surface area contributed by atoms with Gasteiger partial charge in [0.25, 0.3) is 11.8 Å². The van der Waals surface area contributed by atoms with Crippen molar-refractivity contribution in [3.8, 4) is 0 Å². The predicted octanol–water partition coefficient (Wildman–Crippen LogP) is 7.99. The van der Waals surface area contributed by atoms with Crippen molar-refractivity contribution in [3.63, 3.8) is 0 Å². The number of hydrogen-bond donors (Lipinski definition) is 7. The number of aromatic nitrogens is 9. The Morgan fingerprint density at radius 3 is 1.54 bits per heavy atom. The quantitative estimate of drug-likeness (QED) is 0.0508. The maximum absolute atomic E-state index is 12.2. The molecule has 6 aromatic heterocycles. The lowest BCUT2D eigenvalue weighted by Crippen LogP contribution is -2.52. The molecule has 3 fully saturated rings. The Labute approximate surface area is 496 Å². The molecular weight excluding hydrogens is 1120 g/mol. The highest BCUT2D eigenvalue weighted by Gasteiger charge is 2.32. The number of nitrogens with one attached hydrogen (secondary N) is 4. The van der Waals surface area contributed by atoms with Gasteiger partial charge in [-0.1, -0.05) is 6.57 Å². The van der Waals surface area contributed by atoms with Crippen molar-refractivity contribution in [3.05, 3.63) is 76.7 Å². The molecule has 0 bridgehead atoms. The monoisotopic (exact) mass is 1190 g/mol. The molecule has 3 saturated heterocycles. The van der Waals surface area contributed by atoms with Crippen LogP contribution >= 0.6 is 34.6 Å². The molecule has 4 amide bonds. The molecule has 6 aromatic rings. The Kier molecular flexibility index (Phi) is 21.1. The molecule has 26 nitrogen and oxygen atoms in total. The van der Waals surface area contributed by atoms with Crippen molar-refractivity contribution in [2.45, 2.75) is 143 Å². The maximum Gasteiger partial charge on any atom is 0.407 e. The largest absolute Gasteiger partial charge is 0.444 e. The highest BCUT2D eigenvalue weighted by molar-refractivity contribution is 7.10. The third-order valence-corrected chi connectivity index (χ3v) is 16.2. The minimum Gasteiger partial charge on any atom is -0.444 e. The molecular formula is C54H75N21O5S3. The number of primary amides is 2. The molecule has 0 aliphatic carbocycles. The van der Waals surface area contributed by atoms with Gasteiger partial charge in [0, 0.05) is 70.4 Å². The van der Waals surface area contributed by atoms with Gasteiger partial charge in [0.05, 0.1) is 29.5 Å². The average molecular weight is 1190 g/mol. The van der Waals surface area contributed by atoms with E-state index in [9.17, 15) is 19.2 Å². The molecule has 29 heteroatoms. The summed E-state index contributed by atoms with van der Waals surface area (Å²) in [5.41, 5.74) is 19.3. The first-order valence-corrected chi connectivity index (χ1v) is 29.6. The molecule has 0 saturated carbocycles. The molecule has 0 spiro atoms. The minimum absolute atomic E-state index is 0.0565. The van der Waals surface area contributed by atoms with Crippen molar-refractivity contribution in [1.29, 1.82) is 0 Å². The standard InChI is InChI=1S/C20H27N7O2S.C19H27N7O2S.C15H21N7OS/c1-12-9-16(30-26-12)25-18-17(21-6)22-10-15(24-18)27-11-14(8-7-13(27)2)23-19(28)29-20(3,4)5;1-11-7-15(29-24-11)23-19-17(18(20)28)21-9-14(22-19)26-10-13(6-5-12(26)2)8-16(27)25(3)4;1-8-5-12(24-21-8)20-15-13(14(17)23)18-6-11(19-15)22-7-10(16)4-3-9(22)2/h9-10,13-14H,7-8,11H2,1-5H3,(H,23,28)(H,24,25);7,9,12-13H,5-6,8,10H2,1-4H3,(H2,20,28)(H,22,23);5-6,9-10H,3-4,7,16H2,1-2H3,(H2,17,23)(H,19,20). The van der Waals surface area contributed by atoms with E-state index in [1.165, 1.54) is 34.6 Å². The van der Waals surface area contributed by atoms with Crippen molar-refractivity contribution < 1.29 is 23.9 Å². The molecule has 0 radical (unpaired) electrons. The Balaban J connectivity index is 0.000000180. The number of hydrogen-bond acceptors (Lipinski definition) is 24. The van der Waals surface area contributed by atoms with Crippen molar-refractivity contribution in [2.75, 3.05) is 64.4 Å². The minimum atomic E-state index is -0.645. The van der Waals surface area contributed by atoms with E-state index in [4.69, 9.17) is 28.5 Å². The fraction of sp³-hybridized carbons (Fsp3) is 0.519. The van der Waals surface area contributed by atoms with E-state index in [1.807, 2.05) is 59.7 Å². The Hall–Kier alpha value is -7.94. The summed E-state index contributed by atoms with van der Waals surface area (Å²) < 4.78 is 18.1. The highest BCUT2D eigenvalue weighted by atomic mass is 32.1. The summed E-state index contributed by atoms with van der Waals surface area (Å²) in [4.78, 5) is 85.9. The van der Waals surface area contributed by atoms with Gasteiger partial charge in [0.2, 0.25) is 5.91 Å². The van der Waals surface area contributed by atoms with Crippen molar-refractivity contribution >= 4 is 114 Å². The summed E-state index contributed by atoms with van der Waals surface area (Å²) >= 11 is 3.88. The molecule has 10 N–H and O–H groups in total. The maximum atomic E-state index is 12.2. The number of amides is 4. The van der Waals surface area contributed by atoms with Crippen LogP contribution < -0.4 is 53.2 Å². The Morgan fingerprint density at radius 2 is 1.10 bits per heavy atom. The second-order valence-electron chi connectivity index (χ2n) is 22.2. The van der Waals surface area contributed by atoms with Crippen LogP contribution in [0.25, 0.3) is 4.85 Å². The van der Waals surface area contributed by atoms with Crippen LogP contribution in [0.5, 0.6) is 0 Å². The topological polar surface area (TPSA) is 337 Å². The molecule has 83 heavy (non-hydrogen) atoms. The second-order valence-corrected chi connectivity index (χ2v) is 24.6. The van der Waals surface area contributed by atoms with Gasteiger partial charge in [-0.2, -0.15) is 13.1 Å². The van der Waals surface area contributed by atoms with Gasteiger partial charge >= 0.3 is 11.9 Å². The predicted molar refractivity (Wildman–Crippen MR) is 326 cm³/mol.